The van der Waals surface area contributed by atoms with E-state index in [1.807, 2.05) is 34.6 Å². The number of rotatable bonds is 16. The summed E-state index contributed by atoms with van der Waals surface area (Å²) in [5.41, 5.74) is -0.226. The van der Waals surface area contributed by atoms with Crippen LogP contribution in [0.1, 0.15) is 98.6 Å². The van der Waals surface area contributed by atoms with Crippen LogP contribution in [0.5, 0.6) is 0 Å². The van der Waals surface area contributed by atoms with E-state index in [2.05, 4.69) is 35.1 Å². The molecule has 3 fully saturated rings. The summed E-state index contributed by atoms with van der Waals surface area (Å²) < 4.78 is 5.43. The fourth-order valence-corrected chi connectivity index (χ4v) is 8.33. The summed E-state index contributed by atoms with van der Waals surface area (Å²) in [5.74, 6) is -4.07. The van der Waals surface area contributed by atoms with Crippen molar-refractivity contribution in [2.45, 2.75) is 111 Å². The van der Waals surface area contributed by atoms with Gasteiger partial charge in [0.05, 0.1) is 19.2 Å². The summed E-state index contributed by atoms with van der Waals surface area (Å²) >= 11 is 0. The van der Waals surface area contributed by atoms with Crippen molar-refractivity contribution in [2.24, 2.45) is 34.5 Å². The molecule has 0 radical (unpaired) electrons. The molecule has 1 aliphatic heterocycles. The topological polar surface area (TPSA) is 183 Å². The van der Waals surface area contributed by atoms with Crippen molar-refractivity contribution in [1.82, 2.24) is 31.1 Å². The Morgan fingerprint density at radius 3 is 2.09 bits per heavy atom. The van der Waals surface area contributed by atoms with Gasteiger partial charge in [0.1, 0.15) is 18.1 Å². The van der Waals surface area contributed by atoms with Crippen molar-refractivity contribution in [3.63, 3.8) is 0 Å². The molecule has 55 heavy (non-hydrogen) atoms. The normalized spacial score (nSPS) is 22.4. The zero-order valence-electron chi connectivity index (χ0n) is 34.0. The molecule has 1 aromatic rings. The maximum atomic E-state index is 14.6. The first kappa shape index (κ1) is 43.2. The van der Waals surface area contributed by atoms with Crippen molar-refractivity contribution < 1.29 is 38.3 Å². The van der Waals surface area contributed by atoms with Crippen LogP contribution >= 0.6 is 0 Å². The SMILES string of the molecule is CC(C)COC(=O)N[C@H](C(=O)N1C[C@@H]2C([C@H]1C(=O)N[C@@H](CC(C)C)C(=O)C(=O)NCC(=O)N[C@H](C(=O)N(C)C)c1ccccc1)C2(C)C)C1(C)CCCCC1. The predicted molar refractivity (Wildman–Crippen MR) is 206 cm³/mol. The lowest BCUT2D eigenvalue weighted by Crippen LogP contribution is -2.61. The quantitative estimate of drug-likeness (QED) is 0.185. The van der Waals surface area contributed by atoms with Crippen LogP contribution < -0.4 is 21.3 Å². The number of ketones is 1. The van der Waals surface area contributed by atoms with Gasteiger partial charge in [-0.2, -0.15) is 0 Å². The van der Waals surface area contributed by atoms with Crippen molar-refractivity contribution in [2.75, 3.05) is 33.8 Å². The number of likely N-dealkylation sites (tertiary alicyclic amines) is 1. The van der Waals surface area contributed by atoms with E-state index in [4.69, 9.17) is 4.74 Å². The molecule has 0 spiro atoms. The molecule has 0 aromatic heterocycles. The van der Waals surface area contributed by atoms with Crippen LogP contribution in [-0.2, 0) is 33.5 Å². The second kappa shape index (κ2) is 18.0. The smallest absolute Gasteiger partial charge is 0.407 e. The Morgan fingerprint density at radius 1 is 0.873 bits per heavy atom. The Morgan fingerprint density at radius 2 is 1.51 bits per heavy atom. The maximum Gasteiger partial charge on any atom is 0.407 e. The zero-order chi connectivity index (χ0) is 40.8. The molecule has 1 heterocycles. The third-order valence-corrected chi connectivity index (χ3v) is 11.6. The number of alkyl carbamates (subject to hydrolysis) is 1. The number of fused-ring (bicyclic) bond motifs is 1. The van der Waals surface area contributed by atoms with E-state index in [1.54, 1.807) is 49.3 Å². The Hall–Kier alpha value is -4.49. The van der Waals surface area contributed by atoms with Gasteiger partial charge in [-0.05, 0) is 59.3 Å². The van der Waals surface area contributed by atoms with E-state index in [0.717, 1.165) is 32.1 Å². The largest absolute Gasteiger partial charge is 0.449 e. The minimum atomic E-state index is -1.23. The molecule has 2 saturated carbocycles. The minimum Gasteiger partial charge on any atom is -0.449 e. The van der Waals surface area contributed by atoms with Crippen LogP contribution in [0.15, 0.2) is 30.3 Å². The number of benzene rings is 1. The highest BCUT2D eigenvalue weighted by molar-refractivity contribution is 6.38. The molecule has 0 bridgehead atoms. The molecule has 14 nitrogen and oxygen atoms in total. The Labute approximate surface area is 325 Å². The fourth-order valence-electron chi connectivity index (χ4n) is 8.33. The number of piperidine rings is 1. The first-order chi connectivity index (χ1) is 25.8. The standard InChI is InChI=1S/C41H62N6O8/c1-24(2)20-28(33(49)36(51)42-21-29(48)44-31(37(52)46(8)9)26-16-12-10-13-17-26)43-35(50)32-30-27(40(30,5)6)22-47(32)38(53)34(41(7)18-14-11-15-19-41)45-39(54)55-23-25(3)4/h10,12-13,16-17,24-25,27-28,30-32,34H,11,14-15,18-23H2,1-9H3,(H,42,51)(H,43,50)(H,44,48)(H,45,54)/t27-,28+,30?,31+,32+,34-/m1/s1. The number of nitrogens with zero attached hydrogens (tertiary/aromatic N) is 2. The predicted octanol–water partition coefficient (Wildman–Crippen LogP) is 3.35. The lowest BCUT2D eigenvalue weighted by atomic mass is 9.70. The van der Waals surface area contributed by atoms with Crippen molar-refractivity contribution >= 4 is 41.4 Å². The summed E-state index contributed by atoms with van der Waals surface area (Å²) in [4.78, 5) is 97.5. The van der Waals surface area contributed by atoms with Crippen LogP contribution in [-0.4, -0.2) is 103 Å². The molecule has 14 heteroatoms. The highest BCUT2D eigenvalue weighted by Crippen LogP contribution is 2.65. The molecule has 6 atom stereocenters. The fraction of sp³-hybridized carbons (Fsp3) is 0.683. The molecule has 1 unspecified atom stereocenters. The molecule has 6 amide bonds. The van der Waals surface area contributed by atoms with E-state index in [9.17, 15) is 33.6 Å². The Kier molecular flexibility index (Phi) is 14.1. The van der Waals surface area contributed by atoms with Gasteiger partial charge in [-0.15, -0.1) is 0 Å². The number of likely N-dealkylation sites (N-methyl/N-ethyl adjacent to an activating group) is 1. The molecule has 4 N–H and O–H groups in total. The number of Topliss-reactive ketones (excluding diaryl/α,β-unsaturated/α-hetero) is 1. The number of hydrogen-bond acceptors (Lipinski definition) is 8. The van der Waals surface area contributed by atoms with Crippen molar-refractivity contribution in [1.29, 1.82) is 0 Å². The highest BCUT2D eigenvalue weighted by atomic mass is 16.5. The van der Waals surface area contributed by atoms with Gasteiger partial charge in [-0.3, -0.25) is 28.8 Å². The molecule has 3 aliphatic rings. The van der Waals surface area contributed by atoms with Gasteiger partial charge in [-0.25, -0.2) is 4.79 Å². The van der Waals surface area contributed by atoms with Crippen LogP contribution in [0.2, 0.25) is 0 Å². The molecular weight excluding hydrogens is 704 g/mol. The summed E-state index contributed by atoms with van der Waals surface area (Å²) in [7, 11) is 3.13. The highest BCUT2D eigenvalue weighted by Gasteiger charge is 2.70. The third kappa shape index (κ3) is 10.4. The van der Waals surface area contributed by atoms with Gasteiger partial charge in [-0.1, -0.05) is 98.1 Å². The molecule has 1 aromatic carbocycles. The van der Waals surface area contributed by atoms with Gasteiger partial charge >= 0.3 is 6.09 Å². The second-order valence-electron chi connectivity index (χ2n) is 17.6. The second-order valence-corrected chi connectivity index (χ2v) is 17.6. The first-order valence-corrected chi connectivity index (χ1v) is 19.7. The minimum absolute atomic E-state index is 0.0417. The van der Waals surface area contributed by atoms with Crippen molar-refractivity contribution in [3.8, 4) is 0 Å². The van der Waals surface area contributed by atoms with Crippen LogP contribution in [0.25, 0.3) is 0 Å². The van der Waals surface area contributed by atoms with Gasteiger partial charge in [0.15, 0.2) is 0 Å². The lowest BCUT2D eigenvalue weighted by molar-refractivity contribution is -0.146. The van der Waals surface area contributed by atoms with Crippen LogP contribution in [0.4, 0.5) is 4.79 Å². The monoisotopic (exact) mass is 766 g/mol. The lowest BCUT2D eigenvalue weighted by Gasteiger charge is -2.43. The Bertz CT molecular complexity index is 1590. The van der Waals surface area contributed by atoms with Crippen molar-refractivity contribution in [3.05, 3.63) is 35.9 Å². The molecule has 304 valence electrons. The number of hydrogen-bond donors (Lipinski definition) is 4. The number of nitrogens with one attached hydrogen (secondary N) is 4. The first-order valence-electron chi connectivity index (χ1n) is 19.7. The zero-order valence-corrected chi connectivity index (χ0v) is 34.0. The molecule has 4 rings (SSSR count). The van der Waals surface area contributed by atoms with Crippen LogP contribution in [0.3, 0.4) is 0 Å². The average molecular weight is 767 g/mol. The maximum absolute atomic E-state index is 14.6. The summed E-state index contributed by atoms with van der Waals surface area (Å²) in [6.07, 6.45) is 3.79. The number of carbonyl (C=O) groups is 7. The van der Waals surface area contributed by atoms with E-state index in [0.29, 0.717) is 12.1 Å². The third-order valence-electron chi connectivity index (χ3n) is 11.6. The molecule has 2 aliphatic carbocycles. The van der Waals surface area contributed by atoms with E-state index >= 15 is 0 Å². The van der Waals surface area contributed by atoms with Gasteiger partial charge < -0.3 is 35.8 Å². The van der Waals surface area contributed by atoms with Gasteiger partial charge in [0, 0.05) is 20.6 Å². The van der Waals surface area contributed by atoms with Crippen LogP contribution in [0, 0.1) is 34.5 Å². The number of ether oxygens (including phenoxy) is 1. The molecular formula is C41H62N6O8. The van der Waals surface area contributed by atoms with Gasteiger partial charge in [0.2, 0.25) is 29.4 Å². The average Bonchev–Trinajstić information content (AvgIpc) is 3.43. The van der Waals surface area contributed by atoms with E-state index in [1.165, 1.54) is 4.90 Å². The number of amides is 6. The molecule has 1 saturated heterocycles. The summed E-state index contributed by atoms with van der Waals surface area (Å²) in [5, 5.41) is 10.7. The Balaban J connectivity index is 1.49. The summed E-state index contributed by atoms with van der Waals surface area (Å²) in [6, 6.07) is 4.60. The number of carbonyl (C=O) groups excluding carboxylic acids is 7. The van der Waals surface area contributed by atoms with E-state index in [-0.39, 0.29) is 53.9 Å². The summed E-state index contributed by atoms with van der Waals surface area (Å²) in [6.45, 7) is 13.6. The van der Waals surface area contributed by atoms with E-state index < -0.39 is 65.7 Å². The van der Waals surface area contributed by atoms with Gasteiger partial charge in [0.25, 0.3) is 5.91 Å².